The minimum atomic E-state index is -1.69. The van der Waals surface area contributed by atoms with Gasteiger partial charge in [-0.2, -0.15) is 0 Å². The molecular weight excluding hydrogens is 300 g/mol. The van der Waals surface area contributed by atoms with Crippen LogP contribution in [0.2, 0.25) is 18.1 Å². The van der Waals surface area contributed by atoms with E-state index in [1.807, 2.05) is 0 Å². The Hall–Kier alpha value is 0.137. The molecule has 0 heterocycles. The molecule has 23 heavy (non-hydrogen) atoms. The number of hydrogen-bond donors (Lipinski definition) is 1. The Morgan fingerprint density at radius 1 is 1.00 bits per heavy atom. The molecule has 1 N–H and O–H groups in total. The van der Waals surface area contributed by atoms with Crippen molar-refractivity contribution in [3.8, 4) is 0 Å². The van der Waals surface area contributed by atoms with E-state index in [0.717, 1.165) is 13.0 Å². The Labute approximate surface area is 145 Å². The molecular formula is C20H40O2Si. The van der Waals surface area contributed by atoms with E-state index in [4.69, 9.17) is 4.43 Å². The predicted octanol–water partition coefficient (Wildman–Crippen LogP) is 5.76. The van der Waals surface area contributed by atoms with Gasteiger partial charge >= 0.3 is 0 Å². The van der Waals surface area contributed by atoms with Gasteiger partial charge in [0.2, 0.25) is 0 Å². The Morgan fingerprint density at radius 3 is 2.17 bits per heavy atom. The first-order valence-electron chi connectivity index (χ1n) is 9.76. The summed E-state index contributed by atoms with van der Waals surface area (Å²) in [4.78, 5) is 0. The second kappa shape index (κ2) is 6.46. The summed E-state index contributed by atoms with van der Waals surface area (Å²) >= 11 is 0. The molecule has 0 spiro atoms. The van der Waals surface area contributed by atoms with Crippen molar-refractivity contribution in [2.75, 3.05) is 6.61 Å². The van der Waals surface area contributed by atoms with Crippen LogP contribution in [0.3, 0.4) is 0 Å². The van der Waals surface area contributed by atoms with Gasteiger partial charge in [-0.15, -0.1) is 0 Å². The van der Waals surface area contributed by atoms with Crippen molar-refractivity contribution < 1.29 is 9.53 Å². The first-order valence-corrected chi connectivity index (χ1v) is 12.7. The van der Waals surface area contributed by atoms with Crippen LogP contribution in [0.25, 0.3) is 0 Å². The Bertz CT molecular complexity index is 414. The molecule has 2 fully saturated rings. The molecule has 0 unspecified atom stereocenters. The lowest BCUT2D eigenvalue weighted by Gasteiger charge is -2.53. The van der Waals surface area contributed by atoms with Gasteiger partial charge in [0.05, 0.1) is 6.10 Å². The summed E-state index contributed by atoms with van der Waals surface area (Å²) in [6.45, 7) is 17.4. The zero-order chi connectivity index (χ0) is 17.5. The zero-order valence-corrected chi connectivity index (χ0v) is 17.7. The lowest BCUT2D eigenvalue weighted by molar-refractivity contribution is -0.109. The quantitative estimate of drug-likeness (QED) is 0.660. The monoisotopic (exact) mass is 340 g/mol. The highest BCUT2D eigenvalue weighted by atomic mass is 28.4. The van der Waals surface area contributed by atoms with Gasteiger partial charge in [0.15, 0.2) is 8.32 Å². The third-order valence-corrected chi connectivity index (χ3v) is 12.6. The molecule has 0 amide bonds. The van der Waals surface area contributed by atoms with Gasteiger partial charge in [0.1, 0.15) is 0 Å². The van der Waals surface area contributed by atoms with E-state index in [1.165, 1.54) is 38.5 Å². The van der Waals surface area contributed by atoms with E-state index >= 15 is 0 Å². The van der Waals surface area contributed by atoms with Crippen molar-refractivity contribution in [1.82, 2.24) is 0 Å². The Kier molecular flexibility index (Phi) is 5.46. The molecule has 0 aromatic carbocycles. The summed E-state index contributed by atoms with van der Waals surface area (Å²) in [6.07, 6.45) is 8.33. The lowest BCUT2D eigenvalue weighted by atomic mass is 9.54. The summed E-state index contributed by atoms with van der Waals surface area (Å²) in [6, 6.07) is 0. The van der Waals surface area contributed by atoms with Crippen LogP contribution in [0, 0.1) is 16.7 Å². The van der Waals surface area contributed by atoms with Gasteiger partial charge in [0, 0.05) is 6.61 Å². The van der Waals surface area contributed by atoms with Crippen molar-refractivity contribution in [3.05, 3.63) is 0 Å². The van der Waals surface area contributed by atoms with Crippen molar-refractivity contribution in [2.24, 2.45) is 16.7 Å². The fourth-order valence-electron chi connectivity index (χ4n) is 4.76. The molecule has 2 rings (SSSR count). The molecule has 0 radical (unpaired) electrons. The lowest BCUT2D eigenvalue weighted by Crippen LogP contribution is -2.52. The third-order valence-electron chi connectivity index (χ3n) is 8.07. The molecule has 4 atom stereocenters. The first-order chi connectivity index (χ1) is 10.4. The summed E-state index contributed by atoms with van der Waals surface area (Å²) in [5.41, 5.74) is 0.304. The second-order valence-electron chi connectivity index (χ2n) is 10.3. The second-order valence-corrected chi connectivity index (χ2v) is 15.1. The topological polar surface area (TPSA) is 29.5 Å². The van der Waals surface area contributed by atoms with Gasteiger partial charge in [-0.25, -0.2) is 0 Å². The largest absolute Gasteiger partial charge is 0.417 e. The molecule has 0 saturated heterocycles. The van der Waals surface area contributed by atoms with Gasteiger partial charge in [-0.05, 0) is 60.6 Å². The van der Waals surface area contributed by atoms with Crippen LogP contribution >= 0.6 is 0 Å². The highest BCUT2D eigenvalue weighted by Crippen LogP contribution is 2.60. The van der Waals surface area contributed by atoms with E-state index in [-0.39, 0.29) is 22.0 Å². The van der Waals surface area contributed by atoms with Gasteiger partial charge in [-0.1, -0.05) is 53.9 Å². The summed E-state index contributed by atoms with van der Waals surface area (Å²) < 4.78 is 6.60. The smallest absolute Gasteiger partial charge is 0.191 e. The van der Waals surface area contributed by atoms with Gasteiger partial charge in [-0.3, -0.25) is 0 Å². The number of rotatable bonds is 4. The minimum absolute atomic E-state index is 0.0726. The fraction of sp³-hybridized carbons (Fsp3) is 1.00. The molecule has 0 aromatic rings. The summed E-state index contributed by atoms with van der Waals surface area (Å²) in [5, 5.41) is 11.1. The van der Waals surface area contributed by atoms with Crippen molar-refractivity contribution in [2.45, 2.75) is 104 Å². The van der Waals surface area contributed by atoms with Crippen LogP contribution in [0.1, 0.15) is 79.6 Å². The Morgan fingerprint density at radius 2 is 1.61 bits per heavy atom. The Balaban J connectivity index is 2.13. The number of aliphatic hydroxyl groups excluding tert-OH is 1. The molecule has 2 saturated carbocycles. The molecule has 2 nitrogen and oxygen atoms in total. The first kappa shape index (κ1) is 19.5. The van der Waals surface area contributed by atoms with E-state index < -0.39 is 8.32 Å². The average molecular weight is 341 g/mol. The molecule has 0 bridgehead atoms. The minimum Gasteiger partial charge on any atom is -0.417 e. The maximum Gasteiger partial charge on any atom is 0.191 e. The standard InChI is InChI=1S/C20H40O2Si/c1-18(2,3)23(6,7)22-15-16-11-10-14-19(16,4)20(5)13-9-8-12-17(20)21/h16-17,21H,8-15H2,1-7H3/t16-,17-,19-,20-/m0/s1. The van der Waals surface area contributed by atoms with E-state index in [1.54, 1.807) is 0 Å². The maximum absolute atomic E-state index is 10.8. The van der Waals surface area contributed by atoms with E-state index in [2.05, 4.69) is 47.7 Å². The number of aliphatic hydroxyl groups is 1. The van der Waals surface area contributed by atoms with Gasteiger partial charge < -0.3 is 9.53 Å². The predicted molar refractivity (Wildman–Crippen MR) is 101 cm³/mol. The molecule has 3 heteroatoms. The van der Waals surface area contributed by atoms with Crippen LogP contribution in [0.5, 0.6) is 0 Å². The van der Waals surface area contributed by atoms with Crippen molar-refractivity contribution in [3.63, 3.8) is 0 Å². The molecule has 136 valence electrons. The molecule has 0 aliphatic heterocycles. The number of hydrogen-bond acceptors (Lipinski definition) is 2. The molecule has 2 aliphatic rings. The van der Waals surface area contributed by atoms with E-state index in [0.29, 0.717) is 5.92 Å². The third kappa shape index (κ3) is 3.43. The maximum atomic E-state index is 10.8. The van der Waals surface area contributed by atoms with Crippen LogP contribution < -0.4 is 0 Å². The normalized spacial score (nSPS) is 39.7. The van der Waals surface area contributed by atoms with Gasteiger partial charge in [0.25, 0.3) is 0 Å². The highest BCUT2D eigenvalue weighted by Gasteiger charge is 2.55. The van der Waals surface area contributed by atoms with E-state index in [9.17, 15) is 5.11 Å². The molecule has 0 aromatic heterocycles. The van der Waals surface area contributed by atoms with Crippen molar-refractivity contribution >= 4 is 8.32 Å². The highest BCUT2D eigenvalue weighted by molar-refractivity contribution is 6.74. The summed E-state index contributed by atoms with van der Waals surface area (Å²) in [5.74, 6) is 0.606. The van der Waals surface area contributed by atoms with Crippen LogP contribution in [0.4, 0.5) is 0 Å². The fourth-order valence-corrected chi connectivity index (χ4v) is 5.82. The van der Waals surface area contributed by atoms with Crippen LogP contribution in [0.15, 0.2) is 0 Å². The van der Waals surface area contributed by atoms with Crippen LogP contribution in [-0.4, -0.2) is 26.1 Å². The van der Waals surface area contributed by atoms with Crippen LogP contribution in [-0.2, 0) is 4.43 Å². The SMILES string of the molecule is CC(C)(C)[Si](C)(C)OC[C@@H]1CCC[C@]1(C)[C@@]1(C)CCCC[C@@H]1O. The zero-order valence-electron chi connectivity index (χ0n) is 16.7. The average Bonchev–Trinajstić information content (AvgIpc) is 2.82. The summed E-state index contributed by atoms with van der Waals surface area (Å²) in [7, 11) is -1.69. The van der Waals surface area contributed by atoms with Crippen molar-refractivity contribution in [1.29, 1.82) is 0 Å². The molecule has 2 aliphatic carbocycles.